The van der Waals surface area contributed by atoms with E-state index in [4.69, 9.17) is 0 Å². The maximum Gasteiger partial charge on any atom is 0.166 e. The molecule has 0 aliphatic carbocycles. The van der Waals surface area contributed by atoms with Crippen LogP contribution < -0.4 is 5.32 Å². The molecule has 0 fully saturated rings. The molecule has 3 aromatic rings. The summed E-state index contributed by atoms with van der Waals surface area (Å²) in [6, 6.07) is 18.6. The van der Waals surface area contributed by atoms with E-state index >= 15 is 0 Å². The number of nitrogens with one attached hydrogen (secondary N) is 2. The third-order valence-electron chi connectivity index (χ3n) is 3.29. The maximum absolute atomic E-state index is 4.45. The summed E-state index contributed by atoms with van der Waals surface area (Å²) in [5.41, 5.74) is 4.66. The number of hydrogen-bond acceptors (Lipinski definition) is 3. The average molecular weight is 295 g/mol. The third-order valence-corrected chi connectivity index (χ3v) is 4.22. The van der Waals surface area contributed by atoms with Gasteiger partial charge in [0.1, 0.15) is 0 Å². The van der Waals surface area contributed by atoms with Crippen molar-refractivity contribution in [1.29, 1.82) is 0 Å². The lowest BCUT2D eigenvalue weighted by Gasteiger charge is -2.07. The van der Waals surface area contributed by atoms with E-state index in [2.05, 4.69) is 45.6 Å². The quantitative estimate of drug-likeness (QED) is 0.685. The van der Waals surface area contributed by atoms with Crippen molar-refractivity contribution in [3.63, 3.8) is 0 Å². The van der Waals surface area contributed by atoms with Crippen LogP contribution in [0, 0.1) is 0 Å². The van der Waals surface area contributed by atoms with Crippen molar-refractivity contribution >= 4 is 17.4 Å². The number of thioether (sulfide) groups is 1. The lowest BCUT2D eigenvalue weighted by atomic mass is 10.2. The van der Waals surface area contributed by atoms with Gasteiger partial charge in [0.15, 0.2) is 5.16 Å². The van der Waals surface area contributed by atoms with E-state index in [-0.39, 0.29) is 0 Å². The highest BCUT2D eigenvalue weighted by Crippen LogP contribution is 2.26. The average Bonchev–Trinajstić information content (AvgIpc) is 3.03. The monoisotopic (exact) mass is 295 g/mol. The van der Waals surface area contributed by atoms with Gasteiger partial charge in [-0.25, -0.2) is 4.98 Å². The summed E-state index contributed by atoms with van der Waals surface area (Å²) >= 11 is 1.71. The standard InChI is InChI=1S/C17H17N3S/c1-18-15-10-6-5-9-14(15)12-21-17-19-11-16(20-17)13-7-3-2-4-8-13/h2-11,18H,12H2,1H3,(H,19,20). The van der Waals surface area contributed by atoms with Crippen molar-refractivity contribution in [3.05, 3.63) is 66.4 Å². The van der Waals surface area contributed by atoms with Gasteiger partial charge in [-0.1, -0.05) is 60.3 Å². The van der Waals surface area contributed by atoms with Gasteiger partial charge in [-0.05, 0) is 17.2 Å². The van der Waals surface area contributed by atoms with Crippen molar-refractivity contribution in [3.8, 4) is 11.3 Å². The molecule has 2 N–H and O–H groups in total. The fourth-order valence-corrected chi connectivity index (χ4v) is 3.03. The van der Waals surface area contributed by atoms with Crippen LogP contribution in [0.5, 0.6) is 0 Å². The van der Waals surface area contributed by atoms with Gasteiger partial charge in [0, 0.05) is 18.5 Å². The zero-order chi connectivity index (χ0) is 14.5. The van der Waals surface area contributed by atoms with Crippen molar-refractivity contribution < 1.29 is 0 Å². The summed E-state index contributed by atoms with van der Waals surface area (Å²) in [7, 11) is 1.95. The molecule has 0 spiro atoms. The zero-order valence-corrected chi connectivity index (χ0v) is 12.7. The Morgan fingerprint density at radius 3 is 2.62 bits per heavy atom. The summed E-state index contributed by atoms with van der Waals surface area (Å²) in [5.74, 6) is 0.888. The van der Waals surface area contributed by atoms with E-state index in [0.717, 1.165) is 22.2 Å². The highest BCUT2D eigenvalue weighted by molar-refractivity contribution is 7.98. The van der Waals surface area contributed by atoms with Crippen molar-refractivity contribution in [1.82, 2.24) is 9.97 Å². The number of aromatic nitrogens is 2. The topological polar surface area (TPSA) is 40.7 Å². The van der Waals surface area contributed by atoms with Gasteiger partial charge in [-0.2, -0.15) is 0 Å². The number of imidazole rings is 1. The van der Waals surface area contributed by atoms with E-state index in [0.29, 0.717) is 0 Å². The fraction of sp³-hybridized carbons (Fsp3) is 0.118. The number of hydrogen-bond donors (Lipinski definition) is 2. The molecule has 1 aromatic heterocycles. The van der Waals surface area contributed by atoms with Gasteiger partial charge >= 0.3 is 0 Å². The summed E-state index contributed by atoms with van der Waals surface area (Å²) in [6.45, 7) is 0. The molecule has 0 aliphatic heterocycles. The van der Waals surface area contributed by atoms with E-state index < -0.39 is 0 Å². The number of para-hydroxylation sites is 1. The molecule has 3 rings (SSSR count). The number of nitrogens with zero attached hydrogens (tertiary/aromatic N) is 1. The van der Waals surface area contributed by atoms with Gasteiger partial charge in [-0.15, -0.1) is 0 Å². The van der Waals surface area contributed by atoms with Crippen molar-refractivity contribution in [2.45, 2.75) is 10.9 Å². The number of H-pyrrole nitrogens is 1. The molecule has 0 bridgehead atoms. The lowest BCUT2D eigenvalue weighted by molar-refractivity contribution is 1.06. The molecule has 4 heteroatoms. The zero-order valence-electron chi connectivity index (χ0n) is 11.8. The minimum atomic E-state index is 0.888. The van der Waals surface area contributed by atoms with Gasteiger partial charge in [-0.3, -0.25) is 0 Å². The van der Waals surface area contributed by atoms with Crippen molar-refractivity contribution in [2.24, 2.45) is 0 Å². The molecule has 0 atom stereocenters. The minimum Gasteiger partial charge on any atom is -0.388 e. The molecular formula is C17H17N3S. The molecule has 2 aromatic carbocycles. The van der Waals surface area contributed by atoms with Crippen LogP contribution in [-0.2, 0) is 5.75 Å². The predicted octanol–water partition coefficient (Wildman–Crippen LogP) is 4.41. The Balaban J connectivity index is 1.71. The second-order valence-corrected chi connectivity index (χ2v) is 5.63. The molecule has 3 nitrogen and oxygen atoms in total. The van der Waals surface area contributed by atoms with Crippen LogP contribution in [0.3, 0.4) is 0 Å². The summed E-state index contributed by atoms with van der Waals surface area (Å²) in [4.78, 5) is 7.82. The van der Waals surface area contributed by atoms with Gasteiger partial charge in [0.2, 0.25) is 0 Å². The third kappa shape index (κ3) is 3.28. The molecule has 0 saturated heterocycles. The Morgan fingerprint density at radius 2 is 1.81 bits per heavy atom. The van der Waals surface area contributed by atoms with Crippen LogP contribution in [0.2, 0.25) is 0 Å². The van der Waals surface area contributed by atoms with Gasteiger partial charge in [0.05, 0.1) is 11.9 Å². The Hall–Kier alpha value is -2.20. The van der Waals surface area contributed by atoms with E-state index in [1.54, 1.807) is 11.8 Å². The van der Waals surface area contributed by atoms with E-state index in [9.17, 15) is 0 Å². The largest absolute Gasteiger partial charge is 0.388 e. The van der Waals surface area contributed by atoms with E-state index in [1.807, 2.05) is 37.5 Å². The lowest BCUT2D eigenvalue weighted by Crippen LogP contribution is -1.93. The smallest absolute Gasteiger partial charge is 0.166 e. The second kappa shape index (κ2) is 6.50. The van der Waals surface area contributed by atoms with Crippen LogP contribution in [0.4, 0.5) is 5.69 Å². The summed E-state index contributed by atoms with van der Waals surface area (Å²) in [6.07, 6.45) is 1.89. The molecule has 0 unspecified atom stereocenters. The molecule has 0 saturated carbocycles. The van der Waals surface area contributed by atoms with E-state index in [1.165, 1.54) is 11.3 Å². The highest BCUT2D eigenvalue weighted by Gasteiger charge is 2.05. The Morgan fingerprint density at radius 1 is 1.05 bits per heavy atom. The van der Waals surface area contributed by atoms with Gasteiger partial charge in [0.25, 0.3) is 0 Å². The molecule has 0 radical (unpaired) electrons. The first-order valence-electron chi connectivity index (χ1n) is 6.85. The first kappa shape index (κ1) is 13.8. The normalized spacial score (nSPS) is 10.5. The van der Waals surface area contributed by atoms with Crippen LogP contribution in [0.1, 0.15) is 5.56 Å². The Kier molecular flexibility index (Phi) is 4.26. The molecule has 0 amide bonds. The highest BCUT2D eigenvalue weighted by atomic mass is 32.2. The second-order valence-electron chi connectivity index (χ2n) is 4.66. The van der Waals surface area contributed by atoms with Crippen molar-refractivity contribution in [2.75, 3.05) is 12.4 Å². The number of benzene rings is 2. The van der Waals surface area contributed by atoms with Crippen LogP contribution >= 0.6 is 11.8 Å². The molecule has 0 aliphatic rings. The first-order chi connectivity index (χ1) is 10.4. The molecular weight excluding hydrogens is 278 g/mol. The number of aromatic amines is 1. The minimum absolute atomic E-state index is 0.888. The number of rotatable bonds is 5. The summed E-state index contributed by atoms with van der Waals surface area (Å²) < 4.78 is 0. The Bertz CT molecular complexity index is 707. The van der Waals surface area contributed by atoms with Gasteiger partial charge < -0.3 is 10.3 Å². The predicted molar refractivity (Wildman–Crippen MR) is 89.6 cm³/mol. The Labute approximate surface area is 128 Å². The molecule has 106 valence electrons. The first-order valence-corrected chi connectivity index (χ1v) is 7.84. The van der Waals surface area contributed by atoms with Crippen LogP contribution in [0.15, 0.2) is 66.0 Å². The maximum atomic E-state index is 4.45. The molecule has 1 heterocycles. The van der Waals surface area contributed by atoms with Crippen LogP contribution in [0.25, 0.3) is 11.3 Å². The summed E-state index contributed by atoms with van der Waals surface area (Å²) in [5, 5.41) is 4.16. The fourth-order valence-electron chi connectivity index (χ4n) is 2.18. The van der Waals surface area contributed by atoms with Crippen LogP contribution in [-0.4, -0.2) is 17.0 Å². The number of anilines is 1. The SMILES string of the molecule is CNc1ccccc1CSc1ncc(-c2ccccc2)[nH]1. The molecule has 21 heavy (non-hydrogen) atoms.